The minimum absolute atomic E-state index is 0.190. The van der Waals surface area contributed by atoms with Crippen molar-refractivity contribution < 1.29 is 4.74 Å². The first-order chi connectivity index (χ1) is 15.0. The van der Waals surface area contributed by atoms with Crippen LogP contribution in [0.25, 0.3) is 26.8 Å². The Kier molecular flexibility index (Phi) is 4.91. The van der Waals surface area contributed by atoms with E-state index in [4.69, 9.17) is 16.3 Å². The van der Waals surface area contributed by atoms with Crippen molar-refractivity contribution in [2.75, 3.05) is 6.61 Å². The van der Waals surface area contributed by atoms with E-state index in [-0.39, 0.29) is 12.1 Å². The van der Waals surface area contributed by atoms with Crippen LogP contribution in [0.15, 0.2) is 30.6 Å². The van der Waals surface area contributed by atoms with Crippen LogP contribution in [0.5, 0.6) is 0 Å². The molecule has 158 valence electrons. The molecule has 1 aromatic carbocycles. The van der Waals surface area contributed by atoms with Gasteiger partial charge in [-0.25, -0.2) is 14.5 Å². The SMILES string of the molecule is [C-]#[N+]c1ccc2ncc3nc(Cn4cc(C(C)C)nn4)n([C@@H]4CCO[C@H](C)C4)c3c2c1. The molecule has 0 radical (unpaired) electrons. The Morgan fingerprint density at radius 3 is 2.90 bits per heavy atom. The summed E-state index contributed by atoms with van der Waals surface area (Å²) < 4.78 is 10.0. The lowest BCUT2D eigenvalue weighted by Gasteiger charge is -2.30. The molecule has 0 amide bonds. The summed E-state index contributed by atoms with van der Waals surface area (Å²) in [6, 6.07) is 5.92. The van der Waals surface area contributed by atoms with E-state index in [1.807, 2.05) is 35.3 Å². The first kappa shape index (κ1) is 19.6. The average Bonchev–Trinajstić information content (AvgIpc) is 3.38. The Hall–Kier alpha value is -3.31. The molecule has 3 aromatic heterocycles. The molecule has 0 unspecified atom stereocenters. The fourth-order valence-electron chi connectivity index (χ4n) is 4.40. The van der Waals surface area contributed by atoms with Crippen LogP contribution in [0.3, 0.4) is 0 Å². The summed E-state index contributed by atoms with van der Waals surface area (Å²) in [5, 5.41) is 9.59. The van der Waals surface area contributed by atoms with Gasteiger partial charge >= 0.3 is 0 Å². The van der Waals surface area contributed by atoms with Crippen LogP contribution in [0.1, 0.15) is 57.1 Å². The third-order valence-electron chi connectivity index (χ3n) is 5.98. The molecule has 0 bridgehead atoms. The van der Waals surface area contributed by atoms with E-state index >= 15 is 0 Å². The summed E-state index contributed by atoms with van der Waals surface area (Å²) in [5.41, 5.74) is 4.32. The number of aromatic nitrogens is 6. The number of hydrogen-bond acceptors (Lipinski definition) is 5. The molecule has 0 saturated carbocycles. The maximum Gasteiger partial charge on any atom is 0.188 e. The second-order valence-electron chi connectivity index (χ2n) is 8.56. The minimum Gasteiger partial charge on any atom is -0.378 e. The second kappa shape index (κ2) is 7.75. The van der Waals surface area contributed by atoms with Crippen LogP contribution in [-0.4, -0.2) is 42.2 Å². The Morgan fingerprint density at radius 2 is 2.16 bits per heavy atom. The number of benzene rings is 1. The number of pyridine rings is 1. The molecule has 8 nitrogen and oxygen atoms in total. The van der Waals surface area contributed by atoms with Crippen LogP contribution in [-0.2, 0) is 11.3 Å². The molecule has 4 aromatic rings. The summed E-state index contributed by atoms with van der Waals surface area (Å²) in [6.45, 7) is 15.0. The van der Waals surface area contributed by atoms with Crippen LogP contribution in [0.4, 0.5) is 5.69 Å². The minimum atomic E-state index is 0.190. The number of fused-ring (bicyclic) bond motifs is 3. The molecule has 2 atom stereocenters. The molecule has 31 heavy (non-hydrogen) atoms. The first-order valence-corrected chi connectivity index (χ1v) is 10.7. The Bertz CT molecular complexity index is 1300. The van der Waals surface area contributed by atoms with Crippen molar-refractivity contribution in [2.24, 2.45) is 0 Å². The highest BCUT2D eigenvalue weighted by Gasteiger charge is 2.26. The Morgan fingerprint density at radius 1 is 1.29 bits per heavy atom. The molecule has 0 N–H and O–H groups in total. The zero-order chi connectivity index (χ0) is 21.5. The van der Waals surface area contributed by atoms with Gasteiger partial charge in [-0.3, -0.25) is 4.98 Å². The molecule has 1 aliphatic heterocycles. The van der Waals surface area contributed by atoms with Crippen molar-refractivity contribution in [3.63, 3.8) is 0 Å². The highest BCUT2D eigenvalue weighted by atomic mass is 16.5. The molecule has 8 heteroatoms. The van der Waals surface area contributed by atoms with E-state index in [1.165, 1.54) is 0 Å². The van der Waals surface area contributed by atoms with E-state index in [0.29, 0.717) is 18.2 Å². The molecule has 0 spiro atoms. The third-order valence-corrected chi connectivity index (χ3v) is 5.98. The average molecular weight is 416 g/mol. The van der Waals surface area contributed by atoms with Crippen LogP contribution >= 0.6 is 0 Å². The number of ether oxygens (including phenoxy) is 1. The Labute approximate surface area is 180 Å². The quantitative estimate of drug-likeness (QED) is 0.454. The van der Waals surface area contributed by atoms with Crippen molar-refractivity contribution in [1.29, 1.82) is 0 Å². The van der Waals surface area contributed by atoms with Crippen molar-refractivity contribution in [3.8, 4) is 0 Å². The molecule has 1 fully saturated rings. The van der Waals surface area contributed by atoms with Crippen molar-refractivity contribution >= 4 is 27.6 Å². The predicted octanol–water partition coefficient (Wildman–Crippen LogP) is 4.64. The highest BCUT2D eigenvalue weighted by Crippen LogP contribution is 2.35. The van der Waals surface area contributed by atoms with Crippen molar-refractivity contribution in [2.45, 2.75) is 58.2 Å². The van der Waals surface area contributed by atoms with Gasteiger partial charge in [0.2, 0.25) is 0 Å². The van der Waals surface area contributed by atoms with Crippen molar-refractivity contribution in [1.82, 2.24) is 29.5 Å². The van der Waals surface area contributed by atoms with E-state index in [9.17, 15) is 0 Å². The Balaban J connectivity index is 1.70. The van der Waals surface area contributed by atoms with Gasteiger partial charge in [-0.15, -0.1) is 5.10 Å². The van der Waals surface area contributed by atoms with Gasteiger partial charge in [0.15, 0.2) is 5.69 Å². The lowest BCUT2D eigenvalue weighted by Crippen LogP contribution is -2.27. The summed E-state index contributed by atoms with van der Waals surface area (Å²) >= 11 is 0. The number of nitrogens with zero attached hydrogens (tertiary/aromatic N) is 7. The van der Waals surface area contributed by atoms with Gasteiger partial charge in [0.25, 0.3) is 0 Å². The van der Waals surface area contributed by atoms with Gasteiger partial charge in [0.05, 0.1) is 35.6 Å². The number of imidazole rings is 1. The molecule has 1 aliphatic rings. The van der Waals surface area contributed by atoms with E-state index in [2.05, 4.69) is 45.5 Å². The largest absolute Gasteiger partial charge is 0.378 e. The maximum absolute atomic E-state index is 7.44. The monoisotopic (exact) mass is 415 g/mol. The van der Waals surface area contributed by atoms with Gasteiger partial charge in [-0.1, -0.05) is 25.1 Å². The first-order valence-electron chi connectivity index (χ1n) is 10.7. The smallest absolute Gasteiger partial charge is 0.188 e. The van der Waals surface area contributed by atoms with Crippen LogP contribution in [0, 0.1) is 6.57 Å². The number of hydrogen-bond donors (Lipinski definition) is 0. The molecule has 5 rings (SSSR count). The lowest BCUT2D eigenvalue weighted by molar-refractivity contribution is 0.00619. The van der Waals surface area contributed by atoms with E-state index in [1.54, 1.807) is 0 Å². The van der Waals surface area contributed by atoms with Gasteiger partial charge in [0.1, 0.15) is 17.9 Å². The van der Waals surface area contributed by atoms with E-state index < -0.39 is 0 Å². The molecule has 1 saturated heterocycles. The van der Waals surface area contributed by atoms with Gasteiger partial charge in [-0.05, 0) is 37.8 Å². The summed E-state index contributed by atoms with van der Waals surface area (Å²) in [6.07, 6.45) is 5.85. The second-order valence-corrected chi connectivity index (χ2v) is 8.56. The maximum atomic E-state index is 7.44. The van der Waals surface area contributed by atoms with Gasteiger partial charge in [-0.2, -0.15) is 0 Å². The topological polar surface area (TPSA) is 75.0 Å². The fourth-order valence-corrected chi connectivity index (χ4v) is 4.40. The molecular weight excluding hydrogens is 390 g/mol. The standard InChI is InChI=1S/C23H25N7O/c1-14(2)21-12-29(28-27-21)13-22-26-20-11-25-19-6-5-16(24-4)10-18(19)23(20)30(22)17-7-8-31-15(3)9-17/h5-6,10-12,14-15,17H,7-9,13H2,1-3H3/t15-,17-/m1/s1. The van der Waals surface area contributed by atoms with Crippen molar-refractivity contribution in [3.05, 3.63) is 53.5 Å². The lowest BCUT2D eigenvalue weighted by atomic mass is 10.0. The zero-order valence-electron chi connectivity index (χ0n) is 18.0. The summed E-state index contributed by atoms with van der Waals surface area (Å²) in [7, 11) is 0. The van der Waals surface area contributed by atoms with E-state index in [0.717, 1.165) is 52.9 Å². The summed E-state index contributed by atoms with van der Waals surface area (Å²) in [4.78, 5) is 13.2. The van der Waals surface area contributed by atoms with Crippen LogP contribution in [0.2, 0.25) is 0 Å². The predicted molar refractivity (Wildman–Crippen MR) is 118 cm³/mol. The van der Waals surface area contributed by atoms with Crippen LogP contribution < -0.4 is 0 Å². The molecule has 0 aliphatic carbocycles. The fraction of sp³-hybridized carbons (Fsp3) is 0.435. The zero-order valence-corrected chi connectivity index (χ0v) is 18.0. The molecule has 4 heterocycles. The molecular formula is C23H25N7O. The highest BCUT2D eigenvalue weighted by molar-refractivity contribution is 6.03. The number of rotatable bonds is 4. The summed E-state index contributed by atoms with van der Waals surface area (Å²) in [5.74, 6) is 1.25. The van der Waals surface area contributed by atoms with Gasteiger partial charge < -0.3 is 9.30 Å². The van der Waals surface area contributed by atoms with Gasteiger partial charge in [0, 0.05) is 24.2 Å². The third kappa shape index (κ3) is 3.55. The normalized spacial score (nSPS) is 19.3.